The van der Waals surface area contributed by atoms with E-state index in [4.69, 9.17) is 4.74 Å². The number of amides is 1. The summed E-state index contributed by atoms with van der Waals surface area (Å²) in [5.74, 6) is -0.0739. The predicted molar refractivity (Wildman–Crippen MR) is 94.7 cm³/mol. The predicted octanol–water partition coefficient (Wildman–Crippen LogP) is 2.91. The maximum Gasteiger partial charge on any atom is 0.244 e. The zero-order chi connectivity index (χ0) is 15.9. The SMILES string of the molecule is O=C(/C=C/c1cccs1)NCc1ccccc1N1CCOCC1. The van der Waals surface area contributed by atoms with Crippen LogP contribution in [0.4, 0.5) is 5.69 Å². The van der Waals surface area contributed by atoms with Gasteiger partial charge >= 0.3 is 0 Å². The fraction of sp³-hybridized carbons (Fsp3) is 0.278. The summed E-state index contributed by atoms with van der Waals surface area (Å²) in [6.45, 7) is 3.82. The van der Waals surface area contributed by atoms with E-state index in [2.05, 4.69) is 22.3 Å². The lowest BCUT2D eigenvalue weighted by molar-refractivity contribution is -0.116. The molecule has 5 heteroatoms. The van der Waals surface area contributed by atoms with Gasteiger partial charge in [-0.05, 0) is 29.2 Å². The average molecular weight is 328 g/mol. The zero-order valence-electron chi connectivity index (χ0n) is 12.9. The van der Waals surface area contributed by atoms with E-state index in [0.29, 0.717) is 6.54 Å². The largest absolute Gasteiger partial charge is 0.378 e. The fourth-order valence-corrected chi connectivity index (χ4v) is 3.18. The molecule has 0 unspecified atom stereocenters. The van der Waals surface area contributed by atoms with E-state index in [0.717, 1.165) is 36.7 Å². The summed E-state index contributed by atoms with van der Waals surface area (Å²) in [4.78, 5) is 15.4. The first-order chi connectivity index (χ1) is 11.3. The summed E-state index contributed by atoms with van der Waals surface area (Å²) in [6.07, 6.45) is 3.43. The van der Waals surface area contributed by atoms with Crippen LogP contribution >= 0.6 is 11.3 Å². The van der Waals surface area contributed by atoms with Crippen LogP contribution in [0, 0.1) is 0 Å². The maximum absolute atomic E-state index is 12.0. The molecule has 0 atom stereocenters. The van der Waals surface area contributed by atoms with E-state index in [-0.39, 0.29) is 5.91 Å². The van der Waals surface area contributed by atoms with Crippen LogP contribution in [-0.4, -0.2) is 32.2 Å². The Kier molecular flexibility index (Phi) is 5.45. The van der Waals surface area contributed by atoms with Crippen molar-refractivity contribution in [1.29, 1.82) is 0 Å². The summed E-state index contributed by atoms with van der Waals surface area (Å²) in [5.41, 5.74) is 2.31. The van der Waals surface area contributed by atoms with Gasteiger partial charge < -0.3 is 15.0 Å². The van der Waals surface area contributed by atoms with Gasteiger partial charge in [0.15, 0.2) is 0 Å². The number of anilines is 1. The van der Waals surface area contributed by atoms with Crippen LogP contribution in [0.25, 0.3) is 6.08 Å². The van der Waals surface area contributed by atoms with Crippen LogP contribution in [0.1, 0.15) is 10.4 Å². The number of hydrogen-bond donors (Lipinski definition) is 1. The molecule has 1 aliphatic heterocycles. The molecule has 0 spiro atoms. The number of benzene rings is 1. The third-order valence-electron chi connectivity index (χ3n) is 3.74. The van der Waals surface area contributed by atoms with Crippen molar-refractivity contribution in [2.75, 3.05) is 31.2 Å². The highest BCUT2D eigenvalue weighted by Crippen LogP contribution is 2.21. The van der Waals surface area contributed by atoms with E-state index >= 15 is 0 Å². The third kappa shape index (κ3) is 4.43. The molecule has 0 aliphatic carbocycles. The molecular formula is C18H20N2O2S. The van der Waals surface area contributed by atoms with Crippen LogP contribution in [0.5, 0.6) is 0 Å². The maximum atomic E-state index is 12.0. The summed E-state index contributed by atoms with van der Waals surface area (Å²) in [5, 5.41) is 4.96. The van der Waals surface area contributed by atoms with Crippen molar-refractivity contribution in [3.8, 4) is 0 Å². The molecule has 23 heavy (non-hydrogen) atoms. The van der Waals surface area contributed by atoms with E-state index in [9.17, 15) is 4.79 Å². The Balaban J connectivity index is 1.60. The molecule has 4 nitrogen and oxygen atoms in total. The third-order valence-corrected chi connectivity index (χ3v) is 4.58. The molecule has 1 amide bonds. The summed E-state index contributed by atoms with van der Waals surface area (Å²) in [7, 11) is 0. The van der Waals surface area contributed by atoms with Gasteiger partial charge in [-0.2, -0.15) is 0 Å². The van der Waals surface area contributed by atoms with Crippen molar-refractivity contribution in [3.63, 3.8) is 0 Å². The Bertz CT molecular complexity index is 661. The van der Waals surface area contributed by atoms with Crippen LogP contribution in [0.3, 0.4) is 0 Å². The van der Waals surface area contributed by atoms with Crippen molar-refractivity contribution in [1.82, 2.24) is 5.32 Å². The summed E-state index contributed by atoms with van der Waals surface area (Å²) < 4.78 is 5.41. The van der Waals surface area contributed by atoms with E-state index in [1.807, 2.05) is 35.7 Å². The number of morpholine rings is 1. The second-order valence-corrected chi connectivity index (χ2v) is 6.27. The first-order valence-electron chi connectivity index (χ1n) is 7.73. The topological polar surface area (TPSA) is 41.6 Å². The zero-order valence-corrected chi connectivity index (χ0v) is 13.7. The molecule has 2 aromatic rings. The minimum absolute atomic E-state index is 0.0739. The molecule has 1 aromatic heterocycles. The quantitative estimate of drug-likeness (QED) is 0.858. The first-order valence-corrected chi connectivity index (χ1v) is 8.61. The molecule has 1 N–H and O–H groups in total. The Morgan fingerprint density at radius 3 is 2.83 bits per heavy atom. The first kappa shape index (κ1) is 15.8. The van der Waals surface area contributed by atoms with Crippen LogP contribution < -0.4 is 10.2 Å². The van der Waals surface area contributed by atoms with Crippen LogP contribution in [-0.2, 0) is 16.1 Å². The van der Waals surface area contributed by atoms with Gasteiger partial charge in [0.2, 0.25) is 5.91 Å². The van der Waals surface area contributed by atoms with Crippen molar-refractivity contribution < 1.29 is 9.53 Å². The van der Waals surface area contributed by atoms with Crippen molar-refractivity contribution in [3.05, 3.63) is 58.3 Å². The molecule has 1 aliphatic rings. The second-order valence-electron chi connectivity index (χ2n) is 5.29. The van der Waals surface area contributed by atoms with Gasteiger partial charge in [0.1, 0.15) is 0 Å². The molecule has 0 bridgehead atoms. The van der Waals surface area contributed by atoms with Gasteiger partial charge in [0.05, 0.1) is 13.2 Å². The van der Waals surface area contributed by atoms with Gasteiger partial charge in [-0.15, -0.1) is 11.3 Å². The van der Waals surface area contributed by atoms with Gasteiger partial charge in [-0.25, -0.2) is 0 Å². The number of thiophene rings is 1. The Morgan fingerprint density at radius 2 is 2.04 bits per heavy atom. The lowest BCUT2D eigenvalue weighted by atomic mass is 10.1. The molecule has 2 heterocycles. The van der Waals surface area contributed by atoms with Gasteiger partial charge in [0.25, 0.3) is 0 Å². The molecule has 0 radical (unpaired) electrons. The molecule has 1 aromatic carbocycles. The van der Waals surface area contributed by atoms with E-state index in [1.165, 1.54) is 5.69 Å². The standard InChI is InChI=1S/C18H20N2O2S/c21-18(8-7-16-5-3-13-23-16)19-14-15-4-1-2-6-17(15)20-9-11-22-12-10-20/h1-8,13H,9-12,14H2,(H,19,21)/b8-7+. The summed E-state index contributed by atoms with van der Waals surface area (Å²) >= 11 is 1.62. The Morgan fingerprint density at radius 1 is 1.22 bits per heavy atom. The lowest BCUT2D eigenvalue weighted by Gasteiger charge is -2.30. The molecule has 120 valence electrons. The number of hydrogen-bond acceptors (Lipinski definition) is 4. The van der Waals surface area contributed by atoms with E-state index in [1.54, 1.807) is 17.4 Å². The number of rotatable bonds is 5. The molecule has 1 fully saturated rings. The van der Waals surface area contributed by atoms with Crippen molar-refractivity contribution >= 4 is 29.0 Å². The van der Waals surface area contributed by atoms with Gasteiger partial charge in [-0.3, -0.25) is 4.79 Å². The van der Waals surface area contributed by atoms with Gasteiger partial charge in [-0.1, -0.05) is 24.3 Å². The highest BCUT2D eigenvalue weighted by atomic mass is 32.1. The summed E-state index contributed by atoms with van der Waals surface area (Å²) in [6, 6.07) is 12.2. The highest BCUT2D eigenvalue weighted by molar-refractivity contribution is 7.10. The van der Waals surface area contributed by atoms with Gasteiger partial charge in [0, 0.05) is 36.3 Å². The number of carbonyl (C=O) groups excluding carboxylic acids is 1. The number of carbonyl (C=O) groups is 1. The number of para-hydroxylation sites is 1. The van der Waals surface area contributed by atoms with Crippen molar-refractivity contribution in [2.24, 2.45) is 0 Å². The Labute approximate surface area is 140 Å². The molecule has 0 saturated carbocycles. The van der Waals surface area contributed by atoms with Crippen molar-refractivity contribution in [2.45, 2.75) is 6.54 Å². The number of ether oxygens (including phenoxy) is 1. The monoisotopic (exact) mass is 328 g/mol. The molecule has 3 rings (SSSR count). The Hall–Kier alpha value is -2.11. The highest BCUT2D eigenvalue weighted by Gasteiger charge is 2.14. The minimum Gasteiger partial charge on any atom is -0.378 e. The normalized spacial score (nSPS) is 15.0. The minimum atomic E-state index is -0.0739. The van der Waals surface area contributed by atoms with Crippen LogP contribution in [0.15, 0.2) is 47.9 Å². The van der Waals surface area contributed by atoms with Crippen LogP contribution in [0.2, 0.25) is 0 Å². The second kappa shape index (κ2) is 7.94. The number of nitrogens with one attached hydrogen (secondary N) is 1. The molecule has 1 saturated heterocycles. The molecular weight excluding hydrogens is 308 g/mol. The van der Waals surface area contributed by atoms with E-state index < -0.39 is 0 Å². The lowest BCUT2D eigenvalue weighted by Crippen LogP contribution is -2.37. The fourth-order valence-electron chi connectivity index (χ4n) is 2.56. The smallest absolute Gasteiger partial charge is 0.244 e. The number of nitrogens with zero attached hydrogens (tertiary/aromatic N) is 1. The average Bonchev–Trinajstić information content (AvgIpc) is 3.13.